The van der Waals surface area contributed by atoms with Gasteiger partial charge in [-0.15, -0.1) is 11.3 Å². The molecular weight excluding hydrogens is 452 g/mol. The number of anilines is 1. The summed E-state index contributed by atoms with van der Waals surface area (Å²) in [5.74, 6) is -0.0462. The van der Waals surface area contributed by atoms with Crippen LogP contribution < -0.4 is 39.8 Å². The second kappa shape index (κ2) is 12.9. The van der Waals surface area contributed by atoms with E-state index in [2.05, 4.69) is 40.4 Å². The van der Waals surface area contributed by atoms with Gasteiger partial charge in [0.05, 0.1) is 12.6 Å². The molecule has 0 spiro atoms. The Morgan fingerprint density at radius 1 is 1.09 bits per heavy atom. The van der Waals surface area contributed by atoms with E-state index in [4.69, 9.17) is 0 Å². The number of hydrogen-bond donors (Lipinski definition) is 2. The fourth-order valence-electron chi connectivity index (χ4n) is 4.05. The number of aliphatic hydroxyl groups is 1. The van der Waals surface area contributed by atoms with Crippen molar-refractivity contribution in [3.63, 3.8) is 0 Å². The van der Waals surface area contributed by atoms with Crippen LogP contribution in [0.4, 0.5) is 5.69 Å². The van der Waals surface area contributed by atoms with Gasteiger partial charge < -0.3 is 28.6 Å². The van der Waals surface area contributed by atoms with Gasteiger partial charge in [0.15, 0.2) is 0 Å². The second-order valence-corrected chi connectivity index (χ2v) is 9.70. The summed E-state index contributed by atoms with van der Waals surface area (Å²) in [4.78, 5) is 19.9. The van der Waals surface area contributed by atoms with Gasteiger partial charge in [0.1, 0.15) is 0 Å². The molecule has 0 bridgehead atoms. The Balaban J connectivity index is 0.00000204. The first-order valence-electron chi connectivity index (χ1n) is 11.1. The molecule has 0 unspecified atom stereocenters. The molecule has 2 aromatic carbocycles. The maximum absolute atomic E-state index is 13.2. The number of rotatable bonds is 6. The summed E-state index contributed by atoms with van der Waals surface area (Å²) >= 11 is 1.59. The van der Waals surface area contributed by atoms with Crippen molar-refractivity contribution in [2.75, 3.05) is 38.1 Å². The molecule has 4 rings (SSSR count). The summed E-state index contributed by atoms with van der Waals surface area (Å²) in [6, 6.07) is 18.3. The Morgan fingerprint density at radius 3 is 2.50 bits per heavy atom. The van der Waals surface area contributed by atoms with Crippen molar-refractivity contribution in [1.29, 1.82) is 0 Å². The van der Waals surface area contributed by atoms with Gasteiger partial charge in [-0.2, -0.15) is 0 Å². The number of hydrogen-bond acceptors (Lipinski definition) is 5. The second-order valence-electron chi connectivity index (χ2n) is 8.53. The molecule has 1 atom stereocenters. The van der Waals surface area contributed by atoms with Crippen molar-refractivity contribution in [3.05, 3.63) is 76.2 Å². The molecule has 34 heavy (non-hydrogen) atoms. The molecule has 1 saturated heterocycles. The third kappa shape index (κ3) is 6.75. The van der Waals surface area contributed by atoms with E-state index in [9.17, 15) is 9.90 Å². The van der Waals surface area contributed by atoms with Gasteiger partial charge >= 0.3 is 29.6 Å². The van der Waals surface area contributed by atoms with Crippen LogP contribution in [0.15, 0.2) is 54.6 Å². The monoisotopic (exact) mass is 483 g/mol. The van der Waals surface area contributed by atoms with Crippen LogP contribution in [0.5, 0.6) is 0 Å². The van der Waals surface area contributed by atoms with Gasteiger partial charge in [-0.1, -0.05) is 24.3 Å². The molecule has 2 N–H and O–H groups in total. The average molecular weight is 483 g/mol. The van der Waals surface area contributed by atoms with Crippen molar-refractivity contribution in [3.8, 4) is 10.4 Å². The molecule has 2 heterocycles. The first kappa shape index (κ1) is 28.6. The molecule has 1 aliphatic rings. The predicted molar refractivity (Wildman–Crippen MR) is 138 cm³/mol. The van der Waals surface area contributed by atoms with Crippen LogP contribution in [-0.4, -0.2) is 57.6 Å². The molecule has 1 amide bonds. The third-order valence-corrected chi connectivity index (χ3v) is 7.29. The molecule has 1 fully saturated rings. The Bertz CT molecular complexity index is 1100. The number of likely N-dealkylation sites (N-methyl/N-ethyl adjacent to an activating group) is 1. The number of benzene rings is 2. The molecular formula is C26H31BN3NaO2S. The Labute approximate surface area is 231 Å². The normalized spacial score (nSPS) is 14.6. The number of thiophene rings is 1. The quantitative estimate of drug-likeness (QED) is 0.516. The van der Waals surface area contributed by atoms with Crippen LogP contribution in [0, 0.1) is 6.92 Å². The fraction of sp³-hybridized carbons (Fsp3) is 0.346. The van der Waals surface area contributed by atoms with E-state index in [0.717, 1.165) is 63.9 Å². The van der Waals surface area contributed by atoms with E-state index in [1.165, 1.54) is 0 Å². The smallest absolute Gasteiger partial charge is 1.00 e. The Kier molecular flexibility index (Phi) is 10.9. The van der Waals surface area contributed by atoms with Crippen molar-refractivity contribution in [2.45, 2.75) is 26.5 Å². The zero-order valence-corrected chi connectivity index (χ0v) is 23.4. The van der Waals surface area contributed by atoms with E-state index in [1.54, 1.807) is 11.3 Å². The first-order valence-corrected chi connectivity index (χ1v) is 11.9. The van der Waals surface area contributed by atoms with Gasteiger partial charge in [0.25, 0.3) is 5.91 Å². The number of aryl methyl sites for hydroxylation is 1. The molecule has 5 nitrogen and oxygen atoms in total. The van der Waals surface area contributed by atoms with Gasteiger partial charge in [0.2, 0.25) is 0 Å². The zero-order valence-electron chi connectivity index (χ0n) is 20.5. The number of aliphatic hydroxyl groups excluding tert-OH is 1. The topological polar surface area (TPSA) is 55.8 Å². The maximum atomic E-state index is 13.2. The summed E-state index contributed by atoms with van der Waals surface area (Å²) in [5, 5.41) is 12.5. The summed E-state index contributed by atoms with van der Waals surface area (Å²) in [5.41, 5.74) is 4.98. The van der Waals surface area contributed by atoms with E-state index >= 15 is 0 Å². The largest absolute Gasteiger partial charge is 1.00 e. The Morgan fingerprint density at radius 2 is 1.82 bits per heavy atom. The number of carbonyl (C=O) groups excluding carboxylic acids is 1. The van der Waals surface area contributed by atoms with Crippen LogP contribution >= 0.6 is 11.3 Å². The number of nitrogens with zero attached hydrogens (tertiary/aromatic N) is 2. The summed E-state index contributed by atoms with van der Waals surface area (Å²) in [7, 11) is 2.14. The number of carbonyl (C=O) groups is 1. The van der Waals surface area contributed by atoms with Gasteiger partial charge in [-0.3, -0.25) is 4.79 Å². The summed E-state index contributed by atoms with van der Waals surface area (Å²) < 4.78 is 0. The van der Waals surface area contributed by atoms with Crippen molar-refractivity contribution < 1.29 is 39.5 Å². The van der Waals surface area contributed by atoms with Crippen LogP contribution in [0.25, 0.3) is 10.4 Å². The molecule has 1 aromatic heterocycles. The zero-order chi connectivity index (χ0) is 22.7. The van der Waals surface area contributed by atoms with Crippen molar-refractivity contribution >= 4 is 31.3 Å². The molecule has 0 saturated carbocycles. The van der Waals surface area contributed by atoms with Gasteiger partial charge in [-0.05, 0) is 67.9 Å². The van der Waals surface area contributed by atoms with Crippen LogP contribution in [0.3, 0.4) is 0 Å². The van der Waals surface area contributed by atoms with Crippen LogP contribution in [0.2, 0.25) is 0 Å². The minimum atomic E-state index is -0.119. The molecule has 0 aliphatic carbocycles. The van der Waals surface area contributed by atoms with Gasteiger partial charge in [-0.25, -0.2) is 0 Å². The van der Waals surface area contributed by atoms with Crippen LogP contribution in [0.1, 0.15) is 39.3 Å². The van der Waals surface area contributed by atoms with Crippen molar-refractivity contribution in [1.82, 2.24) is 10.2 Å². The van der Waals surface area contributed by atoms with E-state index in [0.29, 0.717) is 0 Å². The van der Waals surface area contributed by atoms with Crippen molar-refractivity contribution in [2.24, 2.45) is 0 Å². The minimum Gasteiger partial charge on any atom is -1.00 e. The maximum Gasteiger partial charge on any atom is 1.00 e. The fourth-order valence-corrected chi connectivity index (χ4v) is 4.92. The standard InChI is InChI=1S/C26H31N3O2S.B.Na/c1-18-7-8-22(29-13-11-28(3)12-14-29)16-24(18)26(31)27-19(2)20-5-4-6-21(15-20)25-10-9-23(17-30)32-25;;/h4-10,15-16,19,30H,11-14,17H2,1-3H3,(H,27,31);;/q;-1;+1/t19-;;/m1../s1. The number of nitrogens with one attached hydrogen (secondary N) is 1. The first-order chi connectivity index (χ1) is 15.4. The molecule has 172 valence electrons. The summed E-state index contributed by atoms with van der Waals surface area (Å²) in [6.07, 6.45) is 0. The molecule has 3 aromatic rings. The average Bonchev–Trinajstić information content (AvgIpc) is 3.29. The molecule has 4 radical (unpaired) electrons. The SMILES string of the molecule is Cc1ccc(N2CCN(C)CC2)cc1C(=O)N[C@H](C)c1cccc(-c2ccc(CO)s2)c1.[B-].[Na+]. The summed E-state index contributed by atoms with van der Waals surface area (Å²) in [6.45, 7) is 8.09. The molecule has 8 heteroatoms. The number of amides is 1. The van der Waals surface area contributed by atoms with E-state index in [-0.39, 0.29) is 56.5 Å². The number of piperazine rings is 1. The predicted octanol–water partition coefficient (Wildman–Crippen LogP) is 1.08. The Hall–Kier alpha value is -1.61. The molecule has 1 aliphatic heterocycles. The van der Waals surface area contributed by atoms with Crippen LogP contribution in [-0.2, 0) is 6.61 Å². The van der Waals surface area contributed by atoms with E-state index < -0.39 is 0 Å². The third-order valence-electron chi connectivity index (χ3n) is 6.17. The van der Waals surface area contributed by atoms with E-state index in [1.807, 2.05) is 50.2 Å². The minimum absolute atomic E-state index is 0. The van der Waals surface area contributed by atoms with Gasteiger partial charge in [0, 0.05) is 47.2 Å².